The number of amides is 1. The van der Waals surface area contributed by atoms with Gasteiger partial charge in [-0.3, -0.25) is 4.79 Å². The normalized spacial score (nSPS) is 21.3. The van der Waals surface area contributed by atoms with Gasteiger partial charge in [-0.1, -0.05) is 12.1 Å². The summed E-state index contributed by atoms with van der Waals surface area (Å²) in [6.07, 6.45) is 0.292. The highest BCUT2D eigenvalue weighted by molar-refractivity contribution is 5.85. The van der Waals surface area contributed by atoms with E-state index in [1.165, 1.54) is 0 Å². The van der Waals surface area contributed by atoms with E-state index < -0.39 is 18.2 Å². The summed E-state index contributed by atoms with van der Waals surface area (Å²) in [4.78, 5) is 23.8. The number of para-hydroxylation sites is 2. The van der Waals surface area contributed by atoms with E-state index in [0.717, 1.165) is 12.8 Å². The summed E-state index contributed by atoms with van der Waals surface area (Å²) < 4.78 is 16.1. The van der Waals surface area contributed by atoms with Crippen LogP contribution in [0.2, 0.25) is 0 Å². The van der Waals surface area contributed by atoms with Crippen molar-refractivity contribution in [1.29, 1.82) is 0 Å². The quantitative estimate of drug-likeness (QED) is 0.839. The van der Waals surface area contributed by atoms with Crippen LogP contribution in [0.3, 0.4) is 0 Å². The van der Waals surface area contributed by atoms with Crippen molar-refractivity contribution < 1.29 is 23.8 Å². The van der Waals surface area contributed by atoms with Crippen molar-refractivity contribution in [3.8, 4) is 11.5 Å². The van der Waals surface area contributed by atoms with Crippen molar-refractivity contribution in [3.63, 3.8) is 0 Å². The number of hydrogen-bond acceptors (Lipinski definition) is 5. The highest BCUT2D eigenvalue weighted by atomic mass is 16.6. The molecule has 21 heavy (non-hydrogen) atoms. The molecule has 0 spiro atoms. The fourth-order valence-corrected chi connectivity index (χ4v) is 1.99. The number of carbonyl (C=O) groups excluding carboxylic acids is 2. The van der Waals surface area contributed by atoms with Crippen LogP contribution in [0.4, 0.5) is 0 Å². The molecule has 1 aliphatic carbocycles. The van der Waals surface area contributed by atoms with E-state index in [1.807, 2.05) is 6.07 Å². The van der Waals surface area contributed by atoms with Gasteiger partial charge in [0.25, 0.3) is 5.91 Å². The van der Waals surface area contributed by atoms with Gasteiger partial charge in [-0.25, -0.2) is 4.79 Å². The smallest absolute Gasteiger partial charge is 0.351 e. The molecule has 1 heterocycles. The molecule has 0 bridgehead atoms. The third-order valence-corrected chi connectivity index (χ3v) is 3.36. The summed E-state index contributed by atoms with van der Waals surface area (Å²) in [7, 11) is 0. The molecule has 3 rings (SSSR count). The van der Waals surface area contributed by atoms with Crippen molar-refractivity contribution in [2.45, 2.75) is 38.0 Å². The predicted octanol–water partition coefficient (Wildman–Crippen LogP) is 1.04. The number of carbonyl (C=O) groups is 2. The monoisotopic (exact) mass is 291 g/mol. The molecule has 1 aromatic rings. The Labute approximate surface area is 122 Å². The van der Waals surface area contributed by atoms with E-state index in [-0.39, 0.29) is 18.6 Å². The van der Waals surface area contributed by atoms with Crippen molar-refractivity contribution in [2.24, 2.45) is 0 Å². The minimum Gasteiger partial charge on any atom is -0.485 e. The largest absolute Gasteiger partial charge is 0.485 e. The molecule has 0 saturated heterocycles. The second-order valence-electron chi connectivity index (χ2n) is 5.23. The zero-order chi connectivity index (χ0) is 14.8. The van der Waals surface area contributed by atoms with E-state index in [0.29, 0.717) is 11.5 Å². The van der Waals surface area contributed by atoms with Gasteiger partial charge in [0.1, 0.15) is 6.61 Å². The van der Waals surface area contributed by atoms with Crippen molar-refractivity contribution in [1.82, 2.24) is 5.32 Å². The number of fused-ring (bicyclic) bond motifs is 1. The number of rotatable bonds is 4. The molecule has 0 aromatic heterocycles. The van der Waals surface area contributed by atoms with Crippen LogP contribution in [0.5, 0.6) is 11.5 Å². The maximum absolute atomic E-state index is 12.0. The SMILES string of the molecule is C[C@H](OC(=O)[C@@H]1COc2ccccc2O1)C(=O)NC1CC1. The summed E-state index contributed by atoms with van der Waals surface area (Å²) in [6, 6.07) is 7.34. The lowest BCUT2D eigenvalue weighted by Gasteiger charge is -2.25. The Hall–Kier alpha value is -2.24. The number of nitrogens with one attached hydrogen (secondary N) is 1. The van der Waals surface area contributed by atoms with Crippen LogP contribution < -0.4 is 14.8 Å². The van der Waals surface area contributed by atoms with Crippen LogP contribution in [0.25, 0.3) is 0 Å². The summed E-state index contributed by atoms with van der Waals surface area (Å²) in [6.45, 7) is 1.63. The third kappa shape index (κ3) is 3.26. The van der Waals surface area contributed by atoms with Gasteiger partial charge in [-0.05, 0) is 31.9 Å². The lowest BCUT2D eigenvalue weighted by atomic mass is 10.2. The molecule has 112 valence electrons. The topological polar surface area (TPSA) is 73.9 Å². The van der Waals surface area contributed by atoms with E-state index in [2.05, 4.69) is 5.32 Å². The van der Waals surface area contributed by atoms with E-state index in [4.69, 9.17) is 14.2 Å². The maximum atomic E-state index is 12.0. The number of benzene rings is 1. The average molecular weight is 291 g/mol. The highest BCUT2D eigenvalue weighted by Gasteiger charge is 2.32. The summed E-state index contributed by atoms with van der Waals surface area (Å²) in [5, 5.41) is 2.79. The van der Waals surface area contributed by atoms with Crippen LogP contribution in [-0.2, 0) is 14.3 Å². The molecule has 1 saturated carbocycles. The Morgan fingerprint density at radius 3 is 2.71 bits per heavy atom. The summed E-state index contributed by atoms with van der Waals surface area (Å²) in [5.41, 5.74) is 0. The second-order valence-corrected chi connectivity index (χ2v) is 5.23. The molecule has 1 fully saturated rings. The van der Waals surface area contributed by atoms with Gasteiger partial charge < -0.3 is 19.5 Å². The van der Waals surface area contributed by atoms with Gasteiger partial charge in [0.05, 0.1) is 0 Å². The second kappa shape index (κ2) is 5.63. The fraction of sp³-hybridized carbons (Fsp3) is 0.467. The van der Waals surface area contributed by atoms with E-state index in [9.17, 15) is 9.59 Å². The molecule has 1 aromatic carbocycles. The van der Waals surface area contributed by atoms with Gasteiger partial charge >= 0.3 is 5.97 Å². The molecule has 0 unspecified atom stereocenters. The molecule has 1 amide bonds. The van der Waals surface area contributed by atoms with Crippen LogP contribution in [-0.4, -0.2) is 36.7 Å². The molecular formula is C15H17NO5. The standard InChI is InChI=1S/C15H17NO5/c1-9(14(17)16-10-6-7-10)20-15(18)13-8-19-11-4-2-3-5-12(11)21-13/h2-5,9-10,13H,6-8H2,1H3,(H,16,17)/t9-,13-/m0/s1. The first-order chi connectivity index (χ1) is 10.1. The summed E-state index contributed by atoms with van der Waals surface area (Å²) >= 11 is 0. The zero-order valence-electron chi connectivity index (χ0n) is 11.7. The van der Waals surface area contributed by atoms with Gasteiger partial charge in [0.15, 0.2) is 17.6 Å². The summed E-state index contributed by atoms with van der Waals surface area (Å²) in [5.74, 6) is 0.229. The lowest BCUT2D eigenvalue weighted by molar-refractivity contribution is -0.163. The average Bonchev–Trinajstić information content (AvgIpc) is 3.30. The van der Waals surface area contributed by atoms with Crippen LogP contribution >= 0.6 is 0 Å². The van der Waals surface area contributed by atoms with Gasteiger partial charge in [-0.2, -0.15) is 0 Å². The van der Waals surface area contributed by atoms with E-state index in [1.54, 1.807) is 25.1 Å². The molecule has 0 radical (unpaired) electrons. The van der Waals surface area contributed by atoms with E-state index >= 15 is 0 Å². The third-order valence-electron chi connectivity index (χ3n) is 3.36. The van der Waals surface area contributed by atoms with Crippen molar-refractivity contribution in [2.75, 3.05) is 6.61 Å². The minimum absolute atomic E-state index is 0.0762. The molecule has 6 nitrogen and oxygen atoms in total. The predicted molar refractivity (Wildman–Crippen MR) is 73.1 cm³/mol. The van der Waals surface area contributed by atoms with Gasteiger partial charge in [0, 0.05) is 6.04 Å². The molecular weight excluding hydrogens is 274 g/mol. The van der Waals surface area contributed by atoms with Crippen LogP contribution in [0.15, 0.2) is 24.3 Å². The Kier molecular flexibility index (Phi) is 3.68. The zero-order valence-corrected chi connectivity index (χ0v) is 11.7. The van der Waals surface area contributed by atoms with Gasteiger partial charge in [0.2, 0.25) is 6.10 Å². The molecule has 2 atom stereocenters. The number of hydrogen-bond donors (Lipinski definition) is 1. The fourth-order valence-electron chi connectivity index (χ4n) is 1.99. The number of ether oxygens (including phenoxy) is 3. The lowest BCUT2D eigenvalue weighted by Crippen LogP contribution is -2.43. The van der Waals surface area contributed by atoms with Crippen molar-refractivity contribution in [3.05, 3.63) is 24.3 Å². The van der Waals surface area contributed by atoms with Gasteiger partial charge in [-0.15, -0.1) is 0 Å². The minimum atomic E-state index is -0.851. The van der Waals surface area contributed by atoms with Crippen LogP contribution in [0, 0.1) is 0 Å². The van der Waals surface area contributed by atoms with Crippen molar-refractivity contribution >= 4 is 11.9 Å². The first-order valence-electron chi connectivity index (χ1n) is 7.03. The Morgan fingerprint density at radius 1 is 1.29 bits per heavy atom. The first-order valence-corrected chi connectivity index (χ1v) is 7.03. The highest BCUT2D eigenvalue weighted by Crippen LogP contribution is 2.31. The van der Waals surface area contributed by atoms with Crippen LogP contribution in [0.1, 0.15) is 19.8 Å². The molecule has 1 N–H and O–H groups in total. The molecule has 1 aliphatic heterocycles. The molecule has 6 heteroatoms. The number of esters is 1. The first kappa shape index (κ1) is 13.7. The Balaban J connectivity index is 1.55. The molecule has 2 aliphatic rings. The Bertz CT molecular complexity index is 555. The Morgan fingerprint density at radius 2 is 2.00 bits per heavy atom. The maximum Gasteiger partial charge on any atom is 0.351 e.